The number of nitrogens with zero attached hydrogens (tertiary/aromatic N) is 6. The van der Waals surface area contributed by atoms with E-state index in [1.807, 2.05) is 79.6 Å². The van der Waals surface area contributed by atoms with Crippen LogP contribution in [0.2, 0.25) is 0 Å². The number of likely N-dealkylation sites (tertiary alicyclic amines) is 2. The molecule has 2 aliphatic rings. The van der Waals surface area contributed by atoms with Gasteiger partial charge in [0.25, 0.3) is 0 Å². The van der Waals surface area contributed by atoms with Crippen molar-refractivity contribution in [1.82, 2.24) is 50.2 Å². The second-order valence-electron chi connectivity index (χ2n) is 16.7. The van der Waals surface area contributed by atoms with E-state index in [1.165, 1.54) is 24.3 Å². The zero-order chi connectivity index (χ0) is 44.7. The molecule has 4 unspecified atom stereocenters. The molecule has 0 aliphatic carbocycles. The summed E-state index contributed by atoms with van der Waals surface area (Å²) in [6, 6.07) is 25.7. The van der Waals surface area contributed by atoms with Crippen LogP contribution in [-0.4, -0.2) is 117 Å². The molecule has 14 nitrogen and oxygen atoms in total. The highest BCUT2D eigenvalue weighted by atomic mass is 19.1. The third kappa shape index (κ3) is 9.82. The van der Waals surface area contributed by atoms with Gasteiger partial charge in [-0.25, -0.2) is 18.7 Å². The van der Waals surface area contributed by atoms with Crippen LogP contribution in [0.5, 0.6) is 0 Å². The molecule has 16 heteroatoms. The Bertz CT molecular complexity index is 2440. The van der Waals surface area contributed by atoms with E-state index in [9.17, 15) is 28.0 Å². The maximum absolute atomic E-state index is 14.9. The smallest absolute Gasteiger partial charge is 0.245 e. The fourth-order valence-corrected chi connectivity index (χ4v) is 9.28. The summed E-state index contributed by atoms with van der Waals surface area (Å²) in [4.78, 5) is 68.5. The molecule has 2 aliphatic heterocycles. The molecule has 2 aromatic heterocycles. The number of fused-ring (bicyclic) bond motifs is 2. The molecule has 0 saturated carbocycles. The third-order valence-corrected chi connectivity index (χ3v) is 12.2. The summed E-state index contributed by atoms with van der Waals surface area (Å²) in [5.74, 6) is -1.12. The molecule has 0 spiro atoms. The van der Waals surface area contributed by atoms with Crippen molar-refractivity contribution < 1.29 is 28.0 Å². The van der Waals surface area contributed by atoms with Crippen molar-refractivity contribution in [3.8, 4) is 11.6 Å². The van der Waals surface area contributed by atoms with Gasteiger partial charge < -0.3 is 40.2 Å². The van der Waals surface area contributed by atoms with E-state index in [2.05, 4.69) is 21.3 Å². The highest BCUT2D eigenvalue weighted by Crippen LogP contribution is 2.33. The van der Waals surface area contributed by atoms with Gasteiger partial charge in [-0.1, -0.05) is 60.7 Å². The molecule has 2 fully saturated rings. The lowest BCUT2D eigenvalue weighted by Crippen LogP contribution is -2.53. The molecule has 0 bridgehead atoms. The quantitative estimate of drug-likeness (QED) is 0.106. The third-order valence-electron chi connectivity index (χ3n) is 12.2. The van der Waals surface area contributed by atoms with Gasteiger partial charge in [-0.05, 0) is 75.2 Å². The molecule has 2 saturated heterocycles. The number of benzene rings is 4. The largest absolute Gasteiger partial charge is 0.343 e. The van der Waals surface area contributed by atoms with E-state index in [-0.39, 0.29) is 61.9 Å². The van der Waals surface area contributed by atoms with Crippen LogP contribution < -0.4 is 21.3 Å². The van der Waals surface area contributed by atoms with Crippen molar-refractivity contribution in [2.24, 2.45) is 0 Å². The summed E-state index contributed by atoms with van der Waals surface area (Å²) in [7, 11) is 3.35. The zero-order valence-electron chi connectivity index (χ0n) is 36.1. The fourth-order valence-electron chi connectivity index (χ4n) is 9.28. The van der Waals surface area contributed by atoms with Crippen LogP contribution in [0.15, 0.2) is 97.1 Å². The van der Waals surface area contributed by atoms with Crippen LogP contribution in [0.1, 0.15) is 36.8 Å². The first-order chi connectivity index (χ1) is 31.1. The molecule has 4 aromatic carbocycles. The Morgan fingerprint density at radius 2 is 1.02 bits per heavy atom. The normalized spacial score (nSPS) is 17.2. The fraction of sp³-hybridized carbons (Fsp3) is 0.375. The SMILES string of the molecule is CNCC(=O)NC(Cc1ccccc1)C(=O)N1CCCC1Cn1c(-c2nc3cc(F)ccc3n2CC2CCCN2C(=O)C(Cc2ccccc2)NC(=O)CNC)nc2cc(F)ccc21. The van der Waals surface area contributed by atoms with Crippen LogP contribution in [0.4, 0.5) is 8.78 Å². The summed E-state index contributed by atoms with van der Waals surface area (Å²) in [5, 5.41) is 11.6. The summed E-state index contributed by atoms with van der Waals surface area (Å²) >= 11 is 0. The first kappa shape index (κ1) is 44.1. The van der Waals surface area contributed by atoms with Crippen LogP contribution in [0.3, 0.4) is 0 Å². The van der Waals surface area contributed by atoms with E-state index < -0.39 is 23.7 Å². The molecule has 6 aromatic rings. The van der Waals surface area contributed by atoms with Gasteiger partial charge in [0.15, 0.2) is 11.6 Å². The number of carbonyl (C=O) groups is 4. The van der Waals surface area contributed by atoms with Gasteiger partial charge in [0.2, 0.25) is 23.6 Å². The van der Waals surface area contributed by atoms with Crippen molar-refractivity contribution in [3.05, 3.63) is 120 Å². The number of imidazole rings is 2. The Morgan fingerprint density at radius 1 is 0.609 bits per heavy atom. The van der Waals surface area contributed by atoms with Gasteiger partial charge in [-0.15, -0.1) is 0 Å². The van der Waals surface area contributed by atoms with Crippen molar-refractivity contribution in [1.29, 1.82) is 0 Å². The Morgan fingerprint density at radius 3 is 1.41 bits per heavy atom. The Kier molecular flexibility index (Phi) is 13.7. The Labute approximate surface area is 370 Å². The molecule has 4 N–H and O–H groups in total. The summed E-state index contributed by atoms with van der Waals surface area (Å²) in [6.45, 7) is 1.65. The van der Waals surface area contributed by atoms with Crippen molar-refractivity contribution in [3.63, 3.8) is 0 Å². The second kappa shape index (κ2) is 19.9. The van der Waals surface area contributed by atoms with Crippen LogP contribution in [0.25, 0.3) is 33.7 Å². The van der Waals surface area contributed by atoms with Gasteiger partial charge in [0, 0.05) is 63.2 Å². The van der Waals surface area contributed by atoms with Gasteiger partial charge in [0.1, 0.15) is 23.7 Å². The minimum absolute atomic E-state index is 0.0577. The number of carbonyl (C=O) groups excluding carboxylic acids is 4. The lowest BCUT2D eigenvalue weighted by molar-refractivity contribution is -0.137. The molecule has 334 valence electrons. The van der Waals surface area contributed by atoms with Crippen molar-refractivity contribution >= 4 is 45.7 Å². The standard InChI is InChI=1S/C48H54F2N10O4/c1-51-27-43(61)53-39(23-31-11-5-3-6-12-31)47(63)57-21-9-15-35(57)29-59-41-19-17-33(49)25-37(41)55-45(59)46-56-38-26-34(50)18-20-42(38)60(46)30-36-16-10-22-58(36)48(64)40(54-44(62)28-52-2)24-32-13-7-4-8-14-32/h3-8,11-14,17-20,25-26,35-36,39-40,51-52H,9-10,15-16,21-24,27-30H2,1-2H3,(H,53,61)(H,54,62). The lowest BCUT2D eigenvalue weighted by Gasteiger charge is -2.31. The van der Waals surface area contributed by atoms with E-state index >= 15 is 0 Å². The number of rotatable bonds is 17. The summed E-state index contributed by atoms with van der Waals surface area (Å²) in [6.07, 6.45) is 3.44. The minimum atomic E-state index is -0.808. The predicted octanol–water partition coefficient (Wildman–Crippen LogP) is 4.21. The summed E-state index contributed by atoms with van der Waals surface area (Å²) < 4.78 is 33.7. The first-order valence-electron chi connectivity index (χ1n) is 22.0. The van der Waals surface area contributed by atoms with Gasteiger partial charge in [0.05, 0.1) is 35.2 Å². The molecular formula is C48H54F2N10O4. The maximum atomic E-state index is 14.9. The van der Waals surface area contributed by atoms with E-state index in [0.717, 1.165) is 24.0 Å². The molecule has 0 radical (unpaired) electrons. The molecule has 4 amide bonds. The number of hydrogen-bond donors (Lipinski definition) is 4. The summed E-state index contributed by atoms with van der Waals surface area (Å²) in [5.41, 5.74) is 3.85. The van der Waals surface area contributed by atoms with Gasteiger partial charge >= 0.3 is 0 Å². The monoisotopic (exact) mass is 872 g/mol. The second-order valence-corrected chi connectivity index (χ2v) is 16.7. The predicted molar refractivity (Wildman–Crippen MR) is 240 cm³/mol. The molecule has 64 heavy (non-hydrogen) atoms. The Hall–Kier alpha value is -6.52. The number of halogens is 2. The Balaban J connectivity index is 1.14. The molecule has 4 atom stereocenters. The zero-order valence-corrected chi connectivity index (χ0v) is 36.1. The van der Waals surface area contributed by atoms with Gasteiger partial charge in [-0.3, -0.25) is 19.2 Å². The average molecular weight is 873 g/mol. The minimum Gasteiger partial charge on any atom is -0.343 e. The lowest BCUT2D eigenvalue weighted by atomic mass is 10.0. The van der Waals surface area contributed by atoms with E-state index in [0.29, 0.717) is 72.5 Å². The number of amides is 4. The van der Waals surface area contributed by atoms with Gasteiger partial charge in [-0.2, -0.15) is 0 Å². The number of hydrogen-bond acceptors (Lipinski definition) is 8. The highest BCUT2D eigenvalue weighted by molar-refractivity contribution is 5.90. The van der Waals surface area contributed by atoms with Crippen molar-refractivity contribution in [2.75, 3.05) is 40.3 Å². The van der Waals surface area contributed by atoms with Crippen LogP contribution in [0, 0.1) is 11.6 Å². The number of aromatic nitrogens is 4. The van der Waals surface area contributed by atoms with Crippen molar-refractivity contribution in [2.45, 2.75) is 75.8 Å². The average Bonchev–Trinajstić information content (AvgIpc) is 4.10. The maximum Gasteiger partial charge on any atom is 0.245 e. The molecule has 4 heterocycles. The first-order valence-corrected chi connectivity index (χ1v) is 22.0. The molecule has 8 rings (SSSR count). The van der Waals surface area contributed by atoms with E-state index in [4.69, 9.17) is 9.97 Å². The number of nitrogens with one attached hydrogen (secondary N) is 4. The topological polar surface area (TPSA) is 159 Å². The van der Waals surface area contributed by atoms with Crippen LogP contribution in [-0.2, 0) is 45.1 Å². The highest BCUT2D eigenvalue weighted by Gasteiger charge is 2.37. The number of likely N-dealkylation sites (N-methyl/N-ethyl adjacent to an activating group) is 2. The van der Waals surface area contributed by atoms with Crippen LogP contribution >= 0.6 is 0 Å². The van der Waals surface area contributed by atoms with E-state index in [1.54, 1.807) is 26.2 Å². The molecular weight excluding hydrogens is 819 g/mol.